The summed E-state index contributed by atoms with van der Waals surface area (Å²) in [6.07, 6.45) is 4.69. The van der Waals surface area contributed by atoms with E-state index in [9.17, 15) is 4.79 Å². The molecule has 0 saturated heterocycles. The average molecular weight is 221 g/mol. The van der Waals surface area contributed by atoms with Gasteiger partial charge in [0.25, 0.3) is 0 Å². The molecule has 0 spiro atoms. The number of carbonyl (C=O) groups excluding carboxylic acids is 1. The molecule has 1 aromatic heterocycles. The van der Waals surface area contributed by atoms with Crippen LogP contribution in [0, 0.1) is 0 Å². The van der Waals surface area contributed by atoms with Crippen LogP contribution in [-0.2, 0) is 22.4 Å². The summed E-state index contributed by atoms with van der Waals surface area (Å²) in [5, 5.41) is 0. The molecule has 1 aliphatic rings. The molecule has 0 N–H and O–H groups in total. The van der Waals surface area contributed by atoms with Crippen molar-refractivity contribution >= 4 is 11.8 Å². The highest BCUT2D eigenvalue weighted by Crippen LogP contribution is 2.26. The maximum atomic E-state index is 11.2. The molecule has 0 atom stereocenters. The van der Waals surface area contributed by atoms with Crippen molar-refractivity contribution < 1.29 is 9.53 Å². The molecular weight excluding hydrogens is 206 g/mol. The van der Waals surface area contributed by atoms with Crippen LogP contribution in [-0.4, -0.2) is 36.6 Å². The molecule has 86 valence electrons. The molecule has 0 amide bonds. The Hall–Kier alpha value is -1.65. The quantitative estimate of drug-likeness (QED) is 0.699. The topological polar surface area (TPSA) is 55.3 Å². The summed E-state index contributed by atoms with van der Waals surface area (Å²) >= 11 is 0. The molecule has 0 bridgehead atoms. The lowest BCUT2D eigenvalue weighted by Gasteiger charge is -2.18. The van der Waals surface area contributed by atoms with Crippen LogP contribution >= 0.6 is 0 Å². The number of esters is 1. The fraction of sp³-hybridized carbons (Fsp3) is 0.545. The van der Waals surface area contributed by atoms with Crippen LogP contribution < -0.4 is 4.90 Å². The van der Waals surface area contributed by atoms with Gasteiger partial charge in [0.1, 0.15) is 18.7 Å². The number of rotatable bonds is 3. The summed E-state index contributed by atoms with van der Waals surface area (Å²) in [5.41, 5.74) is 2.29. The summed E-state index contributed by atoms with van der Waals surface area (Å²) in [7, 11) is 3.23. The molecule has 0 saturated carbocycles. The second-order valence-electron chi connectivity index (χ2n) is 3.91. The Labute approximate surface area is 94.5 Å². The lowest BCUT2D eigenvalue weighted by Crippen LogP contribution is -2.28. The summed E-state index contributed by atoms with van der Waals surface area (Å²) in [4.78, 5) is 21.5. The van der Waals surface area contributed by atoms with Crippen molar-refractivity contribution in [2.45, 2.75) is 19.3 Å². The van der Waals surface area contributed by atoms with Crippen LogP contribution in [0.1, 0.15) is 17.7 Å². The van der Waals surface area contributed by atoms with E-state index in [1.165, 1.54) is 12.7 Å². The number of aromatic nitrogens is 2. The first-order valence-corrected chi connectivity index (χ1v) is 5.33. The van der Waals surface area contributed by atoms with E-state index in [1.54, 1.807) is 6.33 Å². The number of hydrogen-bond donors (Lipinski definition) is 0. The van der Waals surface area contributed by atoms with Gasteiger partial charge in [0.05, 0.1) is 7.11 Å². The zero-order valence-corrected chi connectivity index (χ0v) is 9.56. The van der Waals surface area contributed by atoms with E-state index >= 15 is 0 Å². The Morgan fingerprint density at radius 1 is 1.50 bits per heavy atom. The minimum Gasteiger partial charge on any atom is -0.468 e. The second-order valence-corrected chi connectivity index (χ2v) is 3.91. The molecule has 0 unspecified atom stereocenters. The number of aryl methyl sites for hydroxylation is 1. The zero-order chi connectivity index (χ0) is 11.5. The Bertz CT molecular complexity index is 406. The highest BCUT2D eigenvalue weighted by atomic mass is 16.5. The van der Waals surface area contributed by atoms with Gasteiger partial charge in [-0.25, -0.2) is 9.97 Å². The maximum Gasteiger partial charge on any atom is 0.325 e. The van der Waals surface area contributed by atoms with Crippen LogP contribution in [0.15, 0.2) is 6.33 Å². The number of nitrogens with zero attached hydrogens (tertiary/aromatic N) is 3. The minimum atomic E-state index is -0.257. The molecule has 2 rings (SSSR count). The van der Waals surface area contributed by atoms with Gasteiger partial charge in [-0.15, -0.1) is 0 Å². The first-order chi connectivity index (χ1) is 7.72. The summed E-state index contributed by atoms with van der Waals surface area (Å²) in [5.74, 6) is 0.598. The summed E-state index contributed by atoms with van der Waals surface area (Å²) in [6, 6.07) is 0. The third-order valence-corrected chi connectivity index (χ3v) is 2.81. The van der Waals surface area contributed by atoms with Crippen molar-refractivity contribution in [2.24, 2.45) is 0 Å². The molecule has 5 nitrogen and oxygen atoms in total. The molecule has 1 aliphatic carbocycles. The average Bonchev–Trinajstić information content (AvgIpc) is 2.76. The number of methoxy groups -OCH3 is 1. The SMILES string of the molecule is COC(=O)CN(C)c1ncnc2c1CCC2. The number of ether oxygens (including phenoxy) is 1. The van der Waals surface area contributed by atoms with Crippen molar-refractivity contribution in [3.8, 4) is 0 Å². The fourth-order valence-corrected chi connectivity index (χ4v) is 2.00. The Balaban J connectivity index is 2.20. The summed E-state index contributed by atoms with van der Waals surface area (Å²) in [6.45, 7) is 0.222. The number of hydrogen-bond acceptors (Lipinski definition) is 5. The number of likely N-dealkylation sites (N-methyl/N-ethyl adjacent to an activating group) is 1. The Morgan fingerprint density at radius 2 is 2.31 bits per heavy atom. The van der Waals surface area contributed by atoms with Crippen LogP contribution in [0.2, 0.25) is 0 Å². The van der Waals surface area contributed by atoms with Gasteiger partial charge in [0.2, 0.25) is 0 Å². The van der Waals surface area contributed by atoms with Gasteiger partial charge in [-0.1, -0.05) is 0 Å². The van der Waals surface area contributed by atoms with E-state index in [0.29, 0.717) is 0 Å². The van der Waals surface area contributed by atoms with Crippen molar-refractivity contribution in [1.29, 1.82) is 0 Å². The molecule has 1 heterocycles. The molecular formula is C11H15N3O2. The van der Waals surface area contributed by atoms with Crippen molar-refractivity contribution in [3.05, 3.63) is 17.6 Å². The van der Waals surface area contributed by atoms with Crippen molar-refractivity contribution in [3.63, 3.8) is 0 Å². The largest absolute Gasteiger partial charge is 0.468 e. The van der Waals surface area contributed by atoms with Gasteiger partial charge in [0, 0.05) is 18.3 Å². The smallest absolute Gasteiger partial charge is 0.325 e. The zero-order valence-electron chi connectivity index (χ0n) is 9.56. The van der Waals surface area contributed by atoms with Gasteiger partial charge < -0.3 is 9.64 Å². The minimum absolute atomic E-state index is 0.222. The Morgan fingerprint density at radius 3 is 3.06 bits per heavy atom. The maximum absolute atomic E-state index is 11.2. The number of carbonyl (C=O) groups is 1. The molecule has 0 fully saturated rings. The highest BCUT2D eigenvalue weighted by Gasteiger charge is 2.20. The third kappa shape index (κ3) is 1.98. The lowest BCUT2D eigenvalue weighted by atomic mass is 10.2. The van der Waals surface area contributed by atoms with Crippen LogP contribution in [0.4, 0.5) is 5.82 Å². The molecule has 0 radical (unpaired) electrons. The molecule has 0 aliphatic heterocycles. The van der Waals surface area contributed by atoms with Crippen LogP contribution in [0.3, 0.4) is 0 Å². The predicted octanol–water partition coefficient (Wildman–Crippen LogP) is 0.574. The monoisotopic (exact) mass is 221 g/mol. The summed E-state index contributed by atoms with van der Waals surface area (Å²) < 4.78 is 4.64. The first kappa shape index (κ1) is 10.9. The van der Waals surface area contributed by atoms with Crippen LogP contribution in [0.5, 0.6) is 0 Å². The normalized spacial score (nSPS) is 13.4. The third-order valence-electron chi connectivity index (χ3n) is 2.81. The van der Waals surface area contributed by atoms with E-state index in [0.717, 1.165) is 30.8 Å². The van der Waals surface area contributed by atoms with E-state index in [4.69, 9.17) is 0 Å². The lowest BCUT2D eigenvalue weighted by molar-refractivity contribution is -0.138. The molecule has 1 aromatic rings. The molecule has 0 aromatic carbocycles. The number of anilines is 1. The molecule has 16 heavy (non-hydrogen) atoms. The highest BCUT2D eigenvalue weighted by molar-refractivity contribution is 5.75. The fourth-order valence-electron chi connectivity index (χ4n) is 2.00. The number of fused-ring (bicyclic) bond motifs is 1. The molecule has 5 heteroatoms. The van der Waals surface area contributed by atoms with Gasteiger partial charge in [-0.05, 0) is 19.3 Å². The van der Waals surface area contributed by atoms with E-state index in [2.05, 4.69) is 14.7 Å². The van der Waals surface area contributed by atoms with Gasteiger partial charge in [0.15, 0.2) is 0 Å². The second kappa shape index (κ2) is 4.47. The van der Waals surface area contributed by atoms with Crippen molar-refractivity contribution in [1.82, 2.24) is 9.97 Å². The van der Waals surface area contributed by atoms with E-state index in [1.807, 2.05) is 11.9 Å². The predicted molar refractivity (Wildman–Crippen MR) is 59.3 cm³/mol. The van der Waals surface area contributed by atoms with E-state index < -0.39 is 0 Å². The first-order valence-electron chi connectivity index (χ1n) is 5.33. The Kier molecular flexibility index (Phi) is 3.03. The standard InChI is InChI=1S/C11H15N3O2/c1-14(6-10(15)16-2)11-8-4-3-5-9(8)12-7-13-11/h7H,3-6H2,1-2H3. The van der Waals surface area contributed by atoms with Crippen molar-refractivity contribution in [2.75, 3.05) is 25.6 Å². The van der Waals surface area contributed by atoms with E-state index in [-0.39, 0.29) is 12.5 Å². The van der Waals surface area contributed by atoms with Gasteiger partial charge in [-0.2, -0.15) is 0 Å². The van der Waals surface area contributed by atoms with Crippen LogP contribution in [0.25, 0.3) is 0 Å². The van der Waals surface area contributed by atoms with Gasteiger partial charge >= 0.3 is 5.97 Å². The van der Waals surface area contributed by atoms with Gasteiger partial charge in [-0.3, -0.25) is 4.79 Å².